The predicted octanol–water partition coefficient (Wildman–Crippen LogP) is -0.929. The van der Waals surface area contributed by atoms with E-state index in [1.165, 1.54) is 0 Å². The first-order valence-corrected chi connectivity index (χ1v) is 9.45. The van der Waals surface area contributed by atoms with Crippen LogP contribution in [0.15, 0.2) is 4.99 Å². The smallest absolute Gasteiger partial charge is 0.221 e. The first-order chi connectivity index (χ1) is 12.2. The van der Waals surface area contributed by atoms with Crippen LogP contribution in [0, 0.1) is 5.92 Å². The van der Waals surface area contributed by atoms with Gasteiger partial charge in [0.1, 0.15) is 0 Å². The summed E-state index contributed by atoms with van der Waals surface area (Å²) < 4.78 is 5.36. The summed E-state index contributed by atoms with van der Waals surface area (Å²) in [6, 6.07) is 0. The van der Waals surface area contributed by atoms with Gasteiger partial charge in [-0.1, -0.05) is 0 Å². The molecule has 0 aromatic heterocycles. The van der Waals surface area contributed by atoms with Crippen molar-refractivity contribution in [2.75, 3.05) is 72.6 Å². The summed E-state index contributed by atoms with van der Waals surface area (Å²) >= 11 is 0. The lowest BCUT2D eigenvalue weighted by molar-refractivity contribution is -0.123. The predicted molar refractivity (Wildman–Crippen MR) is 99.6 cm³/mol. The van der Waals surface area contributed by atoms with Gasteiger partial charge in [-0.15, -0.1) is 0 Å². The number of nitrogens with two attached hydrogens (primary N) is 1. The van der Waals surface area contributed by atoms with Crippen molar-refractivity contribution in [2.24, 2.45) is 16.6 Å². The number of nitrogens with zero attached hydrogens (tertiary/aromatic N) is 3. The third-order valence-electron chi connectivity index (χ3n) is 4.90. The van der Waals surface area contributed by atoms with Gasteiger partial charge < -0.3 is 26.0 Å². The SMILES string of the molecule is CN=C(NCCCN1CCCC(C(N)=O)C1)NCCN1CCOCC1. The number of piperidine rings is 1. The Morgan fingerprint density at radius 3 is 2.64 bits per heavy atom. The molecule has 0 aromatic carbocycles. The second-order valence-electron chi connectivity index (χ2n) is 6.78. The number of likely N-dealkylation sites (tertiary alicyclic amines) is 1. The lowest BCUT2D eigenvalue weighted by atomic mass is 9.97. The fourth-order valence-electron chi connectivity index (χ4n) is 3.38. The minimum Gasteiger partial charge on any atom is -0.379 e. The van der Waals surface area contributed by atoms with Crippen LogP contribution in [0.25, 0.3) is 0 Å². The van der Waals surface area contributed by atoms with Crippen molar-refractivity contribution < 1.29 is 9.53 Å². The van der Waals surface area contributed by atoms with Crippen molar-refractivity contribution in [3.8, 4) is 0 Å². The molecular formula is C17H34N6O2. The number of ether oxygens (including phenoxy) is 1. The Balaban J connectivity index is 1.54. The zero-order valence-electron chi connectivity index (χ0n) is 15.5. The lowest BCUT2D eigenvalue weighted by Gasteiger charge is -2.31. The maximum absolute atomic E-state index is 11.3. The largest absolute Gasteiger partial charge is 0.379 e. The number of primary amides is 1. The van der Waals surface area contributed by atoms with E-state index in [1.54, 1.807) is 7.05 Å². The highest BCUT2D eigenvalue weighted by molar-refractivity contribution is 5.79. The van der Waals surface area contributed by atoms with Crippen LogP contribution >= 0.6 is 0 Å². The highest BCUT2D eigenvalue weighted by Crippen LogP contribution is 2.15. The number of aliphatic imine (C=N–C) groups is 1. The van der Waals surface area contributed by atoms with Gasteiger partial charge in [-0.2, -0.15) is 0 Å². The van der Waals surface area contributed by atoms with E-state index in [2.05, 4.69) is 25.4 Å². The van der Waals surface area contributed by atoms with Crippen LogP contribution in [0.2, 0.25) is 0 Å². The quantitative estimate of drug-likeness (QED) is 0.296. The maximum atomic E-state index is 11.3. The average Bonchev–Trinajstić information content (AvgIpc) is 2.64. The Kier molecular flexibility index (Phi) is 8.99. The van der Waals surface area contributed by atoms with Gasteiger partial charge in [-0.3, -0.25) is 14.7 Å². The molecule has 8 heteroatoms. The van der Waals surface area contributed by atoms with E-state index in [0.29, 0.717) is 0 Å². The Morgan fingerprint density at radius 1 is 1.16 bits per heavy atom. The number of carbonyl (C=O) groups is 1. The molecule has 1 unspecified atom stereocenters. The number of carbonyl (C=O) groups excluding carboxylic acids is 1. The molecular weight excluding hydrogens is 320 g/mol. The van der Waals surface area contributed by atoms with E-state index in [4.69, 9.17) is 10.5 Å². The zero-order valence-corrected chi connectivity index (χ0v) is 15.5. The molecule has 0 radical (unpaired) electrons. The Morgan fingerprint density at radius 2 is 1.92 bits per heavy atom. The molecule has 2 fully saturated rings. The minimum absolute atomic E-state index is 0.0244. The highest BCUT2D eigenvalue weighted by Gasteiger charge is 2.23. The van der Waals surface area contributed by atoms with Crippen molar-refractivity contribution in [2.45, 2.75) is 19.3 Å². The Labute approximate surface area is 151 Å². The number of hydrogen-bond donors (Lipinski definition) is 3. The zero-order chi connectivity index (χ0) is 17.9. The van der Waals surface area contributed by atoms with Crippen LogP contribution in [-0.2, 0) is 9.53 Å². The van der Waals surface area contributed by atoms with Gasteiger partial charge in [-0.25, -0.2) is 0 Å². The molecule has 8 nitrogen and oxygen atoms in total. The number of rotatable bonds is 8. The van der Waals surface area contributed by atoms with Crippen LogP contribution < -0.4 is 16.4 Å². The van der Waals surface area contributed by atoms with E-state index in [0.717, 1.165) is 90.8 Å². The number of morpholine rings is 1. The van der Waals surface area contributed by atoms with E-state index >= 15 is 0 Å². The molecule has 1 amide bonds. The van der Waals surface area contributed by atoms with Gasteiger partial charge in [-0.05, 0) is 32.4 Å². The van der Waals surface area contributed by atoms with Gasteiger partial charge in [0.05, 0.1) is 19.1 Å². The first-order valence-electron chi connectivity index (χ1n) is 9.45. The average molecular weight is 354 g/mol. The van der Waals surface area contributed by atoms with Crippen molar-refractivity contribution in [1.82, 2.24) is 20.4 Å². The molecule has 2 rings (SSSR count). The number of guanidine groups is 1. The Hall–Kier alpha value is -1.38. The molecule has 2 aliphatic heterocycles. The summed E-state index contributed by atoms with van der Waals surface area (Å²) in [6.07, 6.45) is 3.02. The molecule has 2 aliphatic rings. The normalized spacial score (nSPS) is 23.4. The van der Waals surface area contributed by atoms with Gasteiger partial charge in [0.15, 0.2) is 5.96 Å². The molecule has 0 aromatic rings. The Bertz CT molecular complexity index is 425. The van der Waals surface area contributed by atoms with Gasteiger partial charge >= 0.3 is 0 Å². The lowest BCUT2D eigenvalue weighted by Crippen LogP contribution is -2.45. The standard InChI is InChI=1S/C17H34N6O2/c1-19-17(21-6-9-22-10-12-25-13-11-22)20-5-3-8-23-7-2-4-15(14-23)16(18)24/h15H,2-14H2,1H3,(H2,18,24)(H2,19,20,21). The van der Waals surface area contributed by atoms with Crippen LogP contribution in [-0.4, -0.2) is 94.3 Å². The molecule has 0 aliphatic carbocycles. The van der Waals surface area contributed by atoms with Crippen molar-refractivity contribution >= 4 is 11.9 Å². The first kappa shape index (κ1) is 19.9. The monoisotopic (exact) mass is 354 g/mol. The summed E-state index contributed by atoms with van der Waals surface area (Å²) in [5, 5.41) is 6.72. The van der Waals surface area contributed by atoms with Crippen molar-refractivity contribution in [3.05, 3.63) is 0 Å². The molecule has 25 heavy (non-hydrogen) atoms. The van der Waals surface area contributed by atoms with Gasteiger partial charge in [0, 0.05) is 46.3 Å². The van der Waals surface area contributed by atoms with Crippen LogP contribution in [0.5, 0.6) is 0 Å². The minimum atomic E-state index is -0.160. The molecule has 1 atom stereocenters. The molecule has 2 saturated heterocycles. The van der Waals surface area contributed by atoms with Gasteiger partial charge in [0.25, 0.3) is 0 Å². The second kappa shape index (κ2) is 11.3. The van der Waals surface area contributed by atoms with E-state index in [-0.39, 0.29) is 11.8 Å². The summed E-state index contributed by atoms with van der Waals surface area (Å²) in [7, 11) is 1.80. The van der Waals surface area contributed by atoms with Crippen LogP contribution in [0.1, 0.15) is 19.3 Å². The summed E-state index contributed by atoms with van der Waals surface area (Å²) in [6.45, 7) is 9.30. The number of hydrogen-bond acceptors (Lipinski definition) is 5. The van der Waals surface area contributed by atoms with E-state index < -0.39 is 0 Å². The van der Waals surface area contributed by atoms with Crippen LogP contribution in [0.3, 0.4) is 0 Å². The summed E-state index contributed by atoms with van der Waals surface area (Å²) in [4.78, 5) is 20.3. The second-order valence-corrected chi connectivity index (χ2v) is 6.78. The van der Waals surface area contributed by atoms with Crippen LogP contribution in [0.4, 0.5) is 0 Å². The van der Waals surface area contributed by atoms with Crippen molar-refractivity contribution in [3.63, 3.8) is 0 Å². The van der Waals surface area contributed by atoms with Gasteiger partial charge in [0.2, 0.25) is 5.91 Å². The summed E-state index contributed by atoms with van der Waals surface area (Å²) in [5.74, 6) is 0.714. The third-order valence-corrected chi connectivity index (χ3v) is 4.90. The summed E-state index contributed by atoms with van der Waals surface area (Å²) in [5.41, 5.74) is 5.43. The third kappa shape index (κ3) is 7.58. The van der Waals surface area contributed by atoms with E-state index in [1.807, 2.05) is 0 Å². The fraction of sp³-hybridized carbons (Fsp3) is 0.882. The van der Waals surface area contributed by atoms with Crippen molar-refractivity contribution in [1.29, 1.82) is 0 Å². The molecule has 2 heterocycles. The molecule has 0 bridgehead atoms. The fourth-order valence-corrected chi connectivity index (χ4v) is 3.38. The molecule has 0 saturated carbocycles. The molecule has 144 valence electrons. The number of amides is 1. The molecule has 0 spiro atoms. The van der Waals surface area contributed by atoms with E-state index in [9.17, 15) is 4.79 Å². The highest BCUT2D eigenvalue weighted by atomic mass is 16.5. The number of nitrogens with one attached hydrogen (secondary N) is 2. The molecule has 4 N–H and O–H groups in total. The maximum Gasteiger partial charge on any atom is 0.221 e. The topological polar surface area (TPSA) is 95.2 Å².